The van der Waals surface area contributed by atoms with E-state index in [1.54, 1.807) is 6.20 Å². The first-order chi connectivity index (χ1) is 15.5. The Kier molecular flexibility index (Phi) is 5.99. The van der Waals surface area contributed by atoms with Crippen molar-refractivity contribution in [1.82, 2.24) is 24.9 Å². The molecule has 2 aliphatic rings. The van der Waals surface area contributed by atoms with E-state index < -0.39 is 0 Å². The number of hydrogen-bond acceptors (Lipinski definition) is 6. The lowest BCUT2D eigenvalue weighted by atomic mass is 9.77. The molecule has 7 nitrogen and oxygen atoms in total. The van der Waals surface area contributed by atoms with E-state index in [0.717, 1.165) is 55.2 Å². The van der Waals surface area contributed by atoms with Crippen LogP contribution in [0.5, 0.6) is 0 Å². The minimum absolute atomic E-state index is 0.0643. The zero-order chi connectivity index (χ0) is 22.1. The van der Waals surface area contributed by atoms with Crippen molar-refractivity contribution >= 4 is 11.6 Å². The maximum atomic E-state index is 9.28. The molecule has 2 aromatic heterocycles. The van der Waals surface area contributed by atoms with Crippen LogP contribution in [-0.2, 0) is 36.5 Å². The third-order valence-corrected chi connectivity index (χ3v) is 6.94. The lowest BCUT2D eigenvalue weighted by molar-refractivity contribution is -0.113. The minimum atomic E-state index is -0.238. The predicted molar refractivity (Wildman–Crippen MR) is 121 cm³/mol. The fourth-order valence-corrected chi connectivity index (χ4v) is 5.26. The fraction of sp³-hybridized carbons (Fsp3) is 0.458. The maximum Gasteiger partial charge on any atom is 0.0967 e. The first-order valence-electron chi connectivity index (χ1n) is 11.2. The summed E-state index contributed by atoms with van der Waals surface area (Å²) in [5.41, 5.74) is 5.06. The summed E-state index contributed by atoms with van der Waals surface area (Å²) in [5.74, 6) is 0. The van der Waals surface area contributed by atoms with Gasteiger partial charge in [0.2, 0.25) is 0 Å². The highest BCUT2D eigenvalue weighted by Crippen LogP contribution is 2.44. The van der Waals surface area contributed by atoms with Crippen LogP contribution in [0.3, 0.4) is 0 Å². The topological polar surface area (TPSA) is 76.3 Å². The van der Waals surface area contributed by atoms with Gasteiger partial charge in [-0.05, 0) is 67.1 Å². The largest absolute Gasteiger partial charge is 0.390 e. The fourth-order valence-electron chi connectivity index (χ4n) is 5.08. The molecule has 1 spiro atoms. The molecule has 3 aromatic rings. The van der Waals surface area contributed by atoms with Crippen LogP contribution < -0.4 is 0 Å². The Hall–Kier alpha value is -2.32. The SMILES string of the molecule is C[C@H]1C[C@@]2(CCN1Cc1cn(Cc3ccnc(CO)c3)nn1)OCCc1ccc(Cl)cc12. The van der Waals surface area contributed by atoms with Crippen LogP contribution in [0.4, 0.5) is 0 Å². The second-order valence-electron chi connectivity index (χ2n) is 8.89. The molecule has 1 saturated heterocycles. The van der Waals surface area contributed by atoms with Gasteiger partial charge in [-0.1, -0.05) is 22.9 Å². The van der Waals surface area contributed by atoms with Crippen LogP contribution in [0, 0.1) is 0 Å². The molecule has 1 aromatic carbocycles. The first-order valence-corrected chi connectivity index (χ1v) is 11.5. The Labute approximate surface area is 193 Å². The third-order valence-electron chi connectivity index (χ3n) is 6.70. The number of aromatic nitrogens is 4. The maximum absolute atomic E-state index is 9.28. The second kappa shape index (κ2) is 8.90. The van der Waals surface area contributed by atoms with Gasteiger partial charge in [0.15, 0.2) is 0 Å². The summed E-state index contributed by atoms with van der Waals surface area (Å²) in [4.78, 5) is 6.58. The van der Waals surface area contributed by atoms with Gasteiger partial charge in [-0.3, -0.25) is 9.88 Å². The molecule has 32 heavy (non-hydrogen) atoms. The molecule has 8 heteroatoms. The molecule has 2 atom stereocenters. The van der Waals surface area contributed by atoms with Crippen LogP contribution in [-0.4, -0.2) is 49.2 Å². The van der Waals surface area contributed by atoms with Crippen LogP contribution in [0.15, 0.2) is 42.7 Å². The van der Waals surface area contributed by atoms with E-state index in [0.29, 0.717) is 18.3 Å². The second-order valence-corrected chi connectivity index (χ2v) is 9.33. The molecular weight excluding hydrogens is 426 g/mol. The molecule has 1 fully saturated rings. The normalized spacial score (nSPS) is 23.4. The van der Waals surface area contributed by atoms with Gasteiger partial charge >= 0.3 is 0 Å². The highest BCUT2D eigenvalue weighted by molar-refractivity contribution is 6.30. The molecule has 4 heterocycles. The average molecular weight is 454 g/mol. The van der Waals surface area contributed by atoms with Crippen LogP contribution in [0.25, 0.3) is 0 Å². The van der Waals surface area contributed by atoms with Gasteiger partial charge in [0, 0.05) is 30.4 Å². The minimum Gasteiger partial charge on any atom is -0.390 e. The molecule has 0 aliphatic carbocycles. The Morgan fingerprint density at radius 2 is 2.12 bits per heavy atom. The van der Waals surface area contributed by atoms with E-state index in [2.05, 4.69) is 39.3 Å². The lowest BCUT2D eigenvalue weighted by Gasteiger charge is -2.48. The Balaban J connectivity index is 1.26. The number of rotatable bonds is 5. The highest BCUT2D eigenvalue weighted by Gasteiger charge is 2.43. The summed E-state index contributed by atoms with van der Waals surface area (Å²) in [6.07, 6.45) is 6.55. The van der Waals surface area contributed by atoms with Crippen molar-refractivity contribution < 1.29 is 9.84 Å². The van der Waals surface area contributed by atoms with Crippen molar-refractivity contribution in [2.75, 3.05) is 13.2 Å². The molecule has 5 rings (SSSR count). The van der Waals surface area contributed by atoms with Crippen LogP contribution >= 0.6 is 11.6 Å². The zero-order valence-corrected chi connectivity index (χ0v) is 19.0. The molecule has 0 bridgehead atoms. The van der Waals surface area contributed by atoms with Crippen molar-refractivity contribution in [1.29, 1.82) is 0 Å². The van der Waals surface area contributed by atoms with Gasteiger partial charge < -0.3 is 9.84 Å². The molecule has 0 amide bonds. The van der Waals surface area contributed by atoms with Gasteiger partial charge in [-0.25, -0.2) is 4.68 Å². The van der Waals surface area contributed by atoms with Crippen LogP contribution in [0.2, 0.25) is 5.02 Å². The van der Waals surface area contributed by atoms with Gasteiger partial charge in [-0.2, -0.15) is 0 Å². The number of pyridine rings is 1. The number of halogens is 1. The van der Waals surface area contributed by atoms with Crippen molar-refractivity contribution in [2.24, 2.45) is 0 Å². The van der Waals surface area contributed by atoms with Crippen molar-refractivity contribution in [3.05, 3.63) is 75.8 Å². The van der Waals surface area contributed by atoms with Gasteiger partial charge in [-0.15, -0.1) is 5.10 Å². The summed E-state index contributed by atoms with van der Waals surface area (Å²) < 4.78 is 8.24. The Morgan fingerprint density at radius 3 is 2.97 bits per heavy atom. The average Bonchev–Trinajstić information content (AvgIpc) is 3.23. The number of fused-ring (bicyclic) bond motifs is 2. The number of likely N-dealkylation sites (tertiary alicyclic amines) is 1. The molecule has 0 saturated carbocycles. The Bertz CT molecular complexity index is 1100. The molecule has 1 N–H and O–H groups in total. The number of hydrogen-bond donors (Lipinski definition) is 1. The number of aliphatic hydroxyl groups is 1. The lowest BCUT2D eigenvalue weighted by Crippen LogP contribution is -2.50. The Morgan fingerprint density at radius 1 is 1.22 bits per heavy atom. The molecule has 0 radical (unpaired) electrons. The van der Waals surface area contributed by atoms with Crippen LogP contribution in [0.1, 0.15) is 47.8 Å². The smallest absolute Gasteiger partial charge is 0.0967 e. The van der Waals surface area contributed by atoms with Gasteiger partial charge in [0.05, 0.1) is 42.9 Å². The monoisotopic (exact) mass is 453 g/mol. The van der Waals surface area contributed by atoms with Crippen molar-refractivity contribution in [2.45, 2.75) is 57.5 Å². The predicted octanol–water partition coefficient (Wildman–Crippen LogP) is 3.32. The number of nitrogens with zero attached hydrogens (tertiary/aromatic N) is 5. The van der Waals surface area contributed by atoms with Crippen molar-refractivity contribution in [3.63, 3.8) is 0 Å². The third kappa shape index (κ3) is 4.30. The summed E-state index contributed by atoms with van der Waals surface area (Å²) in [6.45, 7) is 5.27. The molecule has 2 aliphatic heterocycles. The number of ether oxygens (including phenoxy) is 1. The quantitative estimate of drug-likeness (QED) is 0.638. The zero-order valence-electron chi connectivity index (χ0n) is 18.2. The van der Waals surface area contributed by atoms with E-state index in [9.17, 15) is 5.11 Å². The van der Waals surface area contributed by atoms with E-state index in [1.807, 2.05) is 29.1 Å². The molecule has 0 unspecified atom stereocenters. The number of piperidine rings is 1. The van der Waals surface area contributed by atoms with Gasteiger partial charge in [0.25, 0.3) is 0 Å². The molecule has 168 valence electrons. The summed E-state index contributed by atoms with van der Waals surface area (Å²) in [6, 6.07) is 10.4. The summed E-state index contributed by atoms with van der Waals surface area (Å²) >= 11 is 6.33. The van der Waals surface area contributed by atoms with E-state index in [-0.39, 0.29) is 12.2 Å². The van der Waals surface area contributed by atoms with Crippen molar-refractivity contribution in [3.8, 4) is 0 Å². The first kappa shape index (κ1) is 21.5. The highest BCUT2D eigenvalue weighted by atomic mass is 35.5. The standard InChI is InChI=1S/C24H28ClN5O2/c1-17-12-24(23-11-20(25)3-2-19(23)5-9-32-24)6-8-29(17)14-22-15-30(28-27-22)13-18-4-7-26-21(10-18)16-31/h2-4,7,10-11,15,17,31H,5-6,8-9,12-14,16H2,1H3/t17-,24+/m0/s1. The van der Waals surface area contributed by atoms with Gasteiger partial charge in [0.1, 0.15) is 0 Å². The van der Waals surface area contributed by atoms with E-state index >= 15 is 0 Å². The summed E-state index contributed by atoms with van der Waals surface area (Å²) in [7, 11) is 0. The number of aliphatic hydroxyl groups excluding tert-OH is 1. The van der Waals surface area contributed by atoms with E-state index in [1.165, 1.54) is 11.1 Å². The number of benzene rings is 1. The summed E-state index contributed by atoms with van der Waals surface area (Å²) in [5, 5.41) is 18.7. The molecular formula is C24H28ClN5O2. The van der Waals surface area contributed by atoms with E-state index in [4.69, 9.17) is 16.3 Å².